The number of hydrogen-bond donors (Lipinski definition) is 3. The number of rotatable bonds is 11. The zero-order chi connectivity index (χ0) is 24.6. The first-order valence-electron chi connectivity index (χ1n) is 10.9. The van der Waals surface area contributed by atoms with Gasteiger partial charge in [-0.05, 0) is 30.2 Å². The van der Waals surface area contributed by atoms with Crippen LogP contribution in [0.2, 0.25) is 0 Å². The lowest BCUT2D eigenvalue weighted by molar-refractivity contribution is -0.136. The number of β-amino-alcohol motifs (C(OH)–C–C–N with tert-alkyl or cyclic N) is 1. The van der Waals surface area contributed by atoms with E-state index in [2.05, 4.69) is 0 Å². The van der Waals surface area contributed by atoms with Crippen LogP contribution in [0.4, 0.5) is 0 Å². The van der Waals surface area contributed by atoms with Crippen molar-refractivity contribution in [1.82, 2.24) is 19.6 Å². The summed E-state index contributed by atoms with van der Waals surface area (Å²) < 4.78 is 33.0. The summed E-state index contributed by atoms with van der Waals surface area (Å²) in [6, 6.07) is 4.53. The molecule has 3 N–H and O–H groups in total. The topological polar surface area (TPSA) is 140 Å². The van der Waals surface area contributed by atoms with Gasteiger partial charge in [0.1, 0.15) is 11.8 Å². The second-order valence-corrected chi connectivity index (χ2v) is 10.0. The van der Waals surface area contributed by atoms with Crippen LogP contribution in [0.15, 0.2) is 29.2 Å². The molecule has 12 heteroatoms. The average molecular weight is 487 g/mol. The summed E-state index contributed by atoms with van der Waals surface area (Å²) in [7, 11) is -2.71. The molecule has 1 fully saturated rings. The fourth-order valence-corrected chi connectivity index (χ4v) is 5.57. The van der Waals surface area contributed by atoms with E-state index in [1.54, 1.807) is 24.2 Å². The third kappa shape index (κ3) is 6.87. The Labute approximate surface area is 194 Å². The van der Waals surface area contributed by atoms with Gasteiger partial charge in [-0.15, -0.1) is 0 Å². The first kappa shape index (κ1) is 27.0. The van der Waals surface area contributed by atoms with Crippen LogP contribution in [-0.2, 0) is 19.6 Å². The molecule has 0 aromatic heterocycles. The standard InChI is InChI=1S/C21H34N4O7S/c1-16(2)20(21(28)22-29)25(33(30,31)18-6-4-17(32-3)5-7-18)9-8-19(27)24-12-10-23(11-13-24)14-15-26/h4-7,16,20,26,29H,8-15H2,1-3H3,(H,22,28). The monoisotopic (exact) mass is 486 g/mol. The van der Waals surface area contributed by atoms with Crippen LogP contribution in [0.1, 0.15) is 20.3 Å². The normalized spacial score (nSPS) is 16.2. The van der Waals surface area contributed by atoms with Gasteiger partial charge >= 0.3 is 0 Å². The van der Waals surface area contributed by atoms with E-state index in [4.69, 9.17) is 9.84 Å². The maximum absolute atomic E-state index is 13.5. The molecule has 0 radical (unpaired) electrons. The molecule has 1 saturated heterocycles. The van der Waals surface area contributed by atoms with Crippen LogP contribution in [0, 0.1) is 5.92 Å². The highest BCUT2D eigenvalue weighted by molar-refractivity contribution is 7.89. The number of hydrogen-bond acceptors (Lipinski definition) is 8. The second kappa shape index (κ2) is 12.3. The number of methoxy groups -OCH3 is 1. The number of nitrogens with one attached hydrogen (secondary N) is 1. The van der Waals surface area contributed by atoms with Crippen molar-refractivity contribution in [2.24, 2.45) is 5.92 Å². The Morgan fingerprint density at radius 3 is 2.24 bits per heavy atom. The molecule has 1 heterocycles. The summed E-state index contributed by atoms with van der Waals surface area (Å²) in [4.78, 5) is 28.9. The number of piperazine rings is 1. The first-order valence-corrected chi connectivity index (χ1v) is 12.3. The molecule has 1 aromatic rings. The van der Waals surface area contributed by atoms with Gasteiger partial charge in [-0.2, -0.15) is 4.31 Å². The quantitative estimate of drug-likeness (QED) is 0.287. The minimum atomic E-state index is -4.17. The van der Waals surface area contributed by atoms with Crippen molar-refractivity contribution < 1.29 is 33.1 Å². The highest BCUT2D eigenvalue weighted by atomic mass is 32.2. The second-order valence-electron chi connectivity index (χ2n) is 8.15. The Hall–Kier alpha value is -2.25. The zero-order valence-corrected chi connectivity index (χ0v) is 20.1. The predicted octanol–water partition coefficient (Wildman–Crippen LogP) is -0.257. The van der Waals surface area contributed by atoms with Crippen LogP contribution >= 0.6 is 0 Å². The summed E-state index contributed by atoms with van der Waals surface area (Å²) in [5, 5.41) is 18.3. The summed E-state index contributed by atoms with van der Waals surface area (Å²) in [5.41, 5.74) is 1.55. The number of amides is 2. The van der Waals surface area contributed by atoms with Crippen molar-refractivity contribution in [3.8, 4) is 5.75 Å². The summed E-state index contributed by atoms with van der Waals surface area (Å²) in [5.74, 6) is -1.08. The number of sulfonamides is 1. The van der Waals surface area contributed by atoms with E-state index in [0.717, 1.165) is 4.31 Å². The van der Waals surface area contributed by atoms with E-state index in [0.29, 0.717) is 38.5 Å². The van der Waals surface area contributed by atoms with Crippen molar-refractivity contribution in [1.29, 1.82) is 0 Å². The molecule has 0 bridgehead atoms. The average Bonchev–Trinajstić information content (AvgIpc) is 2.81. The molecule has 186 valence electrons. The van der Waals surface area contributed by atoms with E-state index in [1.165, 1.54) is 31.4 Å². The molecular formula is C21H34N4O7S. The lowest BCUT2D eigenvalue weighted by Crippen LogP contribution is -2.53. The number of benzene rings is 1. The zero-order valence-electron chi connectivity index (χ0n) is 19.3. The third-order valence-corrected chi connectivity index (χ3v) is 7.57. The molecule has 0 saturated carbocycles. The molecule has 1 unspecified atom stereocenters. The maximum Gasteiger partial charge on any atom is 0.262 e. The number of carbonyl (C=O) groups excluding carboxylic acids is 2. The van der Waals surface area contributed by atoms with Crippen LogP contribution in [0.5, 0.6) is 5.75 Å². The maximum atomic E-state index is 13.5. The minimum Gasteiger partial charge on any atom is -0.497 e. The first-order chi connectivity index (χ1) is 15.6. The lowest BCUT2D eigenvalue weighted by atomic mass is 10.0. The minimum absolute atomic E-state index is 0.0512. The van der Waals surface area contributed by atoms with Crippen molar-refractivity contribution in [2.45, 2.75) is 31.2 Å². The van der Waals surface area contributed by atoms with Crippen molar-refractivity contribution >= 4 is 21.8 Å². The van der Waals surface area contributed by atoms with Gasteiger partial charge < -0.3 is 14.7 Å². The number of ether oxygens (including phenoxy) is 1. The van der Waals surface area contributed by atoms with Gasteiger partial charge in [0, 0.05) is 45.7 Å². The Morgan fingerprint density at radius 1 is 1.15 bits per heavy atom. The van der Waals surface area contributed by atoms with Crippen LogP contribution in [-0.4, -0.2) is 104 Å². The molecule has 11 nitrogen and oxygen atoms in total. The lowest BCUT2D eigenvalue weighted by Gasteiger charge is -2.35. The molecule has 1 atom stereocenters. The highest BCUT2D eigenvalue weighted by Gasteiger charge is 2.38. The van der Waals surface area contributed by atoms with E-state index in [9.17, 15) is 23.2 Å². The summed E-state index contributed by atoms with van der Waals surface area (Å²) in [6.07, 6.45) is -0.114. The summed E-state index contributed by atoms with van der Waals surface area (Å²) in [6.45, 7) is 5.92. The molecule has 0 aliphatic carbocycles. The molecule has 33 heavy (non-hydrogen) atoms. The smallest absolute Gasteiger partial charge is 0.262 e. The van der Waals surface area contributed by atoms with Gasteiger partial charge in [0.05, 0.1) is 18.6 Å². The van der Waals surface area contributed by atoms with E-state index in [-0.39, 0.29) is 30.4 Å². The van der Waals surface area contributed by atoms with E-state index >= 15 is 0 Å². The van der Waals surface area contributed by atoms with E-state index < -0.39 is 27.9 Å². The van der Waals surface area contributed by atoms with Crippen LogP contribution in [0.3, 0.4) is 0 Å². The fraction of sp³-hybridized carbons (Fsp3) is 0.619. The SMILES string of the molecule is COc1ccc(S(=O)(=O)N(CCC(=O)N2CCN(CCO)CC2)C(C(=O)NO)C(C)C)cc1. The molecule has 2 rings (SSSR count). The Morgan fingerprint density at radius 2 is 1.76 bits per heavy atom. The van der Waals surface area contributed by atoms with Crippen molar-refractivity contribution in [2.75, 3.05) is 53.0 Å². The van der Waals surface area contributed by atoms with Gasteiger partial charge in [-0.1, -0.05) is 13.8 Å². The molecule has 1 aliphatic heterocycles. The Kier molecular flexibility index (Phi) is 10.0. The van der Waals surface area contributed by atoms with Crippen molar-refractivity contribution in [3.63, 3.8) is 0 Å². The van der Waals surface area contributed by atoms with E-state index in [1.807, 2.05) is 4.90 Å². The molecular weight excluding hydrogens is 452 g/mol. The van der Waals surface area contributed by atoms with Gasteiger partial charge in [-0.25, -0.2) is 13.9 Å². The number of hydroxylamine groups is 1. The molecule has 0 spiro atoms. The predicted molar refractivity (Wildman–Crippen MR) is 120 cm³/mol. The molecule has 1 aromatic carbocycles. The molecule has 1 aliphatic rings. The largest absolute Gasteiger partial charge is 0.497 e. The van der Waals surface area contributed by atoms with Crippen LogP contribution in [0.25, 0.3) is 0 Å². The highest BCUT2D eigenvalue weighted by Crippen LogP contribution is 2.25. The number of aliphatic hydroxyl groups is 1. The number of nitrogens with zero attached hydrogens (tertiary/aromatic N) is 3. The number of carbonyl (C=O) groups is 2. The Bertz CT molecular complexity index is 884. The van der Waals surface area contributed by atoms with Crippen molar-refractivity contribution in [3.05, 3.63) is 24.3 Å². The molecule has 2 amide bonds. The van der Waals surface area contributed by atoms with Gasteiger partial charge in [0.25, 0.3) is 5.91 Å². The Balaban J connectivity index is 2.24. The van der Waals surface area contributed by atoms with Crippen LogP contribution < -0.4 is 10.2 Å². The van der Waals surface area contributed by atoms with Gasteiger partial charge in [-0.3, -0.25) is 19.7 Å². The number of aliphatic hydroxyl groups excluding tert-OH is 1. The third-order valence-electron chi connectivity index (χ3n) is 5.67. The van der Waals surface area contributed by atoms with Gasteiger partial charge in [0.2, 0.25) is 15.9 Å². The fourth-order valence-electron chi connectivity index (χ4n) is 3.85. The summed E-state index contributed by atoms with van der Waals surface area (Å²) >= 11 is 0. The van der Waals surface area contributed by atoms with Gasteiger partial charge in [0.15, 0.2) is 0 Å².